The summed E-state index contributed by atoms with van der Waals surface area (Å²) in [6.07, 6.45) is 4.54. The molecule has 0 aromatic heterocycles. The van der Waals surface area contributed by atoms with Gasteiger partial charge in [-0.3, -0.25) is 9.69 Å². The van der Waals surface area contributed by atoms with Crippen LogP contribution in [0.5, 0.6) is 0 Å². The molecule has 0 aliphatic heterocycles. The zero-order chi connectivity index (χ0) is 15.4. The summed E-state index contributed by atoms with van der Waals surface area (Å²) in [5, 5.41) is 2.80. The number of halogens is 1. The Morgan fingerprint density at radius 2 is 2.24 bits per heavy atom. The van der Waals surface area contributed by atoms with Crippen molar-refractivity contribution >= 4 is 17.3 Å². The van der Waals surface area contributed by atoms with Crippen molar-refractivity contribution in [3.63, 3.8) is 0 Å². The number of rotatable bonds is 7. The van der Waals surface area contributed by atoms with E-state index < -0.39 is 5.82 Å². The molecule has 0 heterocycles. The number of hydrogen-bond acceptors (Lipinski definition) is 3. The van der Waals surface area contributed by atoms with Gasteiger partial charge in [-0.05, 0) is 50.9 Å². The number of carbonyl (C=O) groups excluding carboxylic acids is 1. The van der Waals surface area contributed by atoms with Gasteiger partial charge in [0.25, 0.3) is 0 Å². The van der Waals surface area contributed by atoms with E-state index in [1.54, 1.807) is 0 Å². The fraction of sp³-hybridized carbons (Fsp3) is 0.562. The standard InChI is InChI=1S/C16H24FN3O/c1-3-4-9-20(13-6-7-13)11(2)16(21)19-15-8-5-12(17)10-14(15)18/h5,8,10-11,13H,3-4,6-7,9,18H2,1-2H3,(H,19,21). The van der Waals surface area contributed by atoms with Gasteiger partial charge in [0, 0.05) is 6.04 Å². The predicted octanol–water partition coefficient (Wildman–Crippen LogP) is 3.00. The zero-order valence-corrected chi connectivity index (χ0v) is 12.7. The van der Waals surface area contributed by atoms with Crippen LogP contribution < -0.4 is 11.1 Å². The Hall–Kier alpha value is -1.62. The minimum Gasteiger partial charge on any atom is -0.397 e. The lowest BCUT2D eigenvalue weighted by Crippen LogP contribution is -2.44. The van der Waals surface area contributed by atoms with Gasteiger partial charge in [-0.2, -0.15) is 0 Å². The van der Waals surface area contributed by atoms with Crippen LogP contribution in [0.1, 0.15) is 39.5 Å². The van der Waals surface area contributed by atoms with Crippen molar-refractivity contribution in [2.75, 3.05) is 17.6 Å². The number of hydrogen-bond donors (Lipinski definition) is 2. The number of unbranched alkanes of at least 4 members (excludes halogenated alkanes) is 1. The fourth-order valence-electron chi connectivity index (χ4n) is 2.47. The summed E-state index contributed by atoms with van der Waals surface area (Å²) in [7, 11) is 0. The Kier molecular flexibility index (Phi) is 5.17. The quantitative estimate of drug-likeness (QED) is 0.760. The van der Waals surface area contributed by atoms with Crippen molar-refractivity contribution in [3.8, 4) is 0 Å². The molecule has 1 saturated carbocycles. The summed E-state index contributed by atoms with van der Waals surface area (Å²) in [5.74, 6) is -0.489. The third-order valence-electron chi connectivity index (χ3n) is 3.93. The number of amides is 1. The molecule has 1 atom stereocenters. The number of nitrogens with two attached hydrogens (primary N) is 1. The summed E-state index contributed by atoms with van der Waals surface area (Å²) >= 11 is 0. The Bertz CT molecular complexity index is 502. The maximum absolute atomic E-state index is 13.0. The van der Waals surface area contributed by atoms with E-state index in [-0.39, 0.29) is 17.6 Å². The molecule has 1 aliphatic carbocycles. The third-order valence-corrected chi connectivity index (χ3v) is 3.93. The molecule has 4 nitrogen and oxygen atoms in total. The van der Waals surface area contributed by atoms with Gasteiger partial charge < -0.3 is 11.1 Å². The lowest BCUT2D eigenvalue weighted by atomic mass is 10.2. The van der Waals surface area contributed by atoms with E-state index in [1.807, 2.05) is 6.92 Å². The van der Waals surface area contributed by atoms with E-state index in [4.69, 9.17) is 5.73 Å². The van der Waals surface area contributed by atoms with E-state index in [0.29, 0.717) is 11.7 Å². The molecule has 1 amide bonds. The SMILES string of the molecule is CCCCN(C1CC1)C(C)C(=O)Nc1ccc(F)cc1N. The molecule has 5 heteroatoms. The molecule has 2 rings (SSSR count). The average molecular weight is 293 g/mol. The van der Waals surface area contributed by atoms with Crippen LogP contribution >= 0.6 is 0 Å². The van der Waals surface area contributed by atoms with Gasteiger partial charge in [-0.15, -0.1) is 0 Å². The molecule has 1 aromatic carbocycles. The molecular weight excluding hydrogens is 269 g/mol. The molecule has 1 fully saturated rings. The Labute approximate surface area is 125 Å². The van der Waals surface area contributed by atoms with Crippen LogP contribution in [0.15, 0.2) is 18.2 Å². The Morgan fingerprint density at radius 3 is 2.81 bits per heavy atom. The first-order chi connectivity index (χ1) is 10.0. The van der Waals surface area contributed by atoms with Gasteiger partial charge in [0.05, 0.1) is 17.4 Å². The first kappa shape index (κ1) is 15.8. The third kappa shape index (κ3) is 4.17. The molecule has 0 radical (unpaired) electrons. The van der Waals surface area contributed by atoms with Gasteiger partial charge in [0.15, 0.2) is 0 Å². The number of nitrogens with zero attached hydrogens (tertiary/aromatic N) is 1. The molecule has 116 valence electrons. The van der Waals surface area contributed by atoms with Crippen molar-refractivity contribution in [2.45, 2.75) is 51.6 Å². The zero-order valence-electron chi connectivity index (χ0n) is 12.7. The molecular formula is C16H24FN3O. The number of nitrogen functional groups attached to an aromatic ring is 1. The van der Waals surface area contributed by atoms with Crippen molar-refractivity contribution in [1.29, 1.82) is 0 Å². The molecule has 0 bridgehead atoms. The number of anilines is 2. The van der Waals surface area contributed by atoms with Crippen molar-refractivity contribution in [3.05, 3.63) is 24.0 Å². The van der Waals surface area contributed by atoms with Crippen LogP contribution in [-0.4, -0.2) is 29.4 Å². The van der Waals surface area contributed by atoms with E-state index in [0.717, 1.165) is 19.4 Å². The van der Waals surface area contributed by atoms with Gasteiger partial charge in [-0.1, -0.05) is 13.3 Å². The van der Waals surface area contributed by atoms with Crippen LogP contribution in [0.2, 0.25) is 0 Å². The van der Waals surface area contributed by atoms with Crippen LogP contribution in [0.4, 0.5) is 15.8 Å². The largest absolute Gasteiger partial charge is 0.397 e. The average Bonchev–Trinajstić information content (AvgIpc) is 3.26. The molecule has 1 unspecified atom stereocenters. The maximum atomic E-state index is 13.0. The van der Waals surface area contributed by atoms with Crippen LogP contribution in [0, 0.1) is 5.82 Å². The van der Waals surface area contributed by atoms with E-state index in [9.17, 15) is 9.18 Å². The van der Waals surface area contributed by atoms with Crippen molar-refractivity contribution < 1.29 is 9.18 Å². The van der Waals surface area contributed by atoms with Crippen LogP contribution in [-0.2, 0) is 4.79 Å². The molecule has 0 spiro atoms. The summed E-state index contributed by atoms with van der Waals surface area (Å²) < 4.78 is 13.0. The highest BCUT2D eigenvalue weighted by Gasteiger charge is 2.34. The molecule has 1 aromatic rings. The highest BCUT2D eigenvalue weighted by Crippen LogP contribution is 2.29. The summed E-state index contributed by atoms with van der Waals surface area (Å²) in [6, 6.07) is 4.35. The van der Waals surface area contributed by atoms with Crippen molar-refractivity contribution in [1.82, 2.24) is 4.90 Å². The molecule has 3 N–H and O–H groups in total. The second-order valence-electron chi connectivity index (χ2n) is 5.72. The first-order valence-corrected chi connectivity index (χ1v) is 7.64. The van der Waals surface area contributed by atoms with Crippen molar-refractivity contribution in [2.24, 2.45) is 0 Å². The van der Waals surface area contributed by atoms with Crippen LogP contribution in [0.25, 0.3) is 0 Å². The van der Waals surface area contributed by atoms with Gasteiger partial charge >= 0.3 is 0 Å². The minimum atomic E-state index is -0.402. The summed E-state index contributed by atoms with van der Waals surface area (Å²) in [6.45, 7) is 5.01. The van der Waals surface area contributed by atoms with Gasteiger partial charge in [0.1, 0.15) is 5.82 Å². The lowest BCUT2D eigenvalue weighted by molar-refractivity contribution is -0.121. The highest BCUT2D eigenvalue weighted by atomic mass is 19.1. The number of carbonyl (C=O) groups is 1. The summed E-state index contributed by atoms with van der Waals surface area (Å²) in [5.41, 5.74) is 6.45. The van der Waals surface area contributed by atoms with Gasteiger partial charge in [-0.25, -0.2) is 4.39 Å². The fourth-order valence-corrected chi connectivity index (χ4v) is 2.47. The second-order valence-corrected chi connectivity index (χ2v) is 5.72. The molecule has 21 heavy (non-hydrogen) atoms. The van der Waals surface area contributed by atoms with E-state index in [2.05, 4.69) is 17.1 Å². The minimum absolute atomic E-state index is 0.0867. The smallest absolute Gasteiger partial charge is 0.241 e. The van der Waals surface area contributed by atoms with Gasteiger partial charge in [0.2, 0.25) is 5.91 Å². The van der Waals surface area contributed by atoms with E-state index in [1.165, 1.54) is 31.0 Å². The molecule has 0 saturated heterocycles. The predicted molar refractivity (Wildman–Crippen MR) is 83.5 cm³/mol. The second kappa shape index (κ2) is 6.89. The normalized spacial score (nSPS) is 16.0. The topological polar surface area (TPSA) is 58.4 Å². The van der Waals surface area contributed by atoms with E-state index >= 15 is 0 Å². The Morgan fingerprint density at radius 1 is 1.52 bits per heavy atom. The van der Waals surface area contributed by atoms with Crippen LogP contribution in [0.3, 0.4) is 0 Å². The monoisotopic (exact) mass is 293 g/mol. The lowest BCUT2D eigenvalue weighted by Gasteiger charge is -2.28. The summed E-state index contributed by atoms with van der Waals surface area (Å²) in [4.78, 5) is 14.6. The highest BCUT2D eigenvalue weighted by molar-refractivity contribution is 5.97. The Balaban J connectivity index is 2.00. The number of nitrogens with one attached hydrogen (secondary N) is 1. The number of benzene rings is 1. The maximum Gasteiger partial charge on any atom is 0.241 e. The first-order valence-electron chi connectivity index (χ1n) is 7.64. The molecule has 1 aliphatic rings.